The maximum atomic E-state index is 12.4. The van der Waals surface area contributed by atoms with Crippen molar-refractivity contribution in [3.8, 4) is 0 Å². The van der Waals surface area contributed by atoms with Crippen molar-refractivity contribution < 1.29 is 22.7 Å². The lowest BCUT2D eigenvalue weighted by Gasteiger charge is -2.19. The Morgan fingerprint density at radius 2 is 1.69 bits per heavy atom. The van der Waals surface area contributed by atoms with Crippen LogP contribution in [0.5, 0.6) is 0 Å². The zero-order chi connectivity index (χ0) is 21.9. The van der Waals surface area contributed by atoms with E-state index in [2.05, 4.69) is 5.32 Å². The number of sulfonamides is 1. The number of ether oxygens (including phenoxy) is 1. The van der Waals surface area contributed by atoms with Gasteiger partial charge in [0.2, 0.25) is 10.0 Å². The molecule has 3 N–H and O–H groups in total. The number of nitrogens with two attached hydrogens (primary N) is 1. The fraction of sp³-hybridized carbons (Fsp3) is 0.222. The molecule has 0 radical (unpaired) electrons. The quantitative estimate of drug-likeness (QED) is 0.613. The van der Waals surface area contributed by atoms with Crippen LogP contribution in [-0.4, -0.2) is 26.4 Å². The van der Waals surface area contributed by atoms with Crippen molar-refractivity contribution in [1.29, 1.82) is 0 Å². The standard InChI is InChI=1S/C18H17Cl3N2O5S/c1-9(13-5-4-12(19)8-15(13)21)23-17(24)10(2)28-18(25)11-3-6-14(20)16(7-11)29(22,26)27/h3-10H,1-2H3,(H,23,24)(H2,22,26,27). The summed E-state index contributed by atoms with van der Waals surface area (Å²) in [5.41, 5.74) is 0.519. The molecule has 29 heavy (non-hydrogen) atoms. The summed E-state index contributed by atoms with van der Waals surface area (Å²) in [6.45, 7) is 3.08. The molecule has 156 valence electrons. The number of carbonyl (C=O) groups excluding carboxylic acids is 2. The van der Waals surface area contributed by atoms with Crippen molar-refractivity contribution in [1.82, 2.24) is 5.32 Å². The predicted molar refractivity (Wildman–Crippen MR) is 111 cm³/mol. The molecule has 0 heterocycles. The van der Waals surface area contributed by atoms with Crippen LogP contribution in [-0.2, 0) is 19.6 Å². The molecule has 2 unspecified atom stereocenters. The number of nitrogens with one attached hydrogen (secondary N) is 1. The highest BCUT2D eigenvalue weighted by Crippen LogP contribution is 2.26. The summed E-state index contributed by atoms with van der Waals surface area (Å²) >= 11 is 17.8. The first-order valence-corrected chi connectivity index (χ1v) is 10.9. The van der Waals surface area contributed by atoms with Crippen LogP contribution in [0.2, 0.25) is 15.1 Å². The van der Waals surface area contributed by atoms with Crippen LogP contribution >= 0.6 is 34.8 Å². The lowest BCUT2D eigenvalue weighted by molar-refractivity contribution is -0.129. The smallest absolute Gasteiger partial charge is 0.338 e. The van der Waals surface area contributed by atoms with E-state index in [1.54, 1.807) is 25.1 Å². The summed E-state index contributed by atoms with van der Waals surface area (Å²) in [7, 11) is -4.13. The molecule has 7 nitrogen and oxygen atoms in total. The van der Waals surface area contributed by atoms with Crippen LogP contribution in [0.25, 0.3) is 0 Å². The molecule has 0 aromatic heterocycles. The number of benzene rings is 2. The molecule has 2 aromatic rings. The number of esters is 1. The van der Waals surface area contributed by atoms with E-state index in [4.69, 9.17) is 44.7 Å². The van der Waals surface area contributed by atoms with Gasteiger partial charge in [-0.2, -0.15) is 0 Å². The Kier molecular flexibility index (Phi) is 7.53. The van der Waals surface area contributed by atoms with Gasteiger partial charge in [-0.1, -0.05) is 40.9 Å². The second kappa shape index (κ2) is 9.32. The van der Waals surface area contributed by atoms with Gasteiger partial charge in [-0.25, -0.2) is 18.4 Å². The van der Waals surface area contributed by atoms with Gasteiger partial charge in [0, 0.05) is 10.0 Å². The topological polar surface area (TPSA) is 116 Å². The Labute approximate surface area is 183 Å². The first-order valence-electron chi connectivity index (χ1n) is 8.18. The number of rotatable bonds is 6. The summed E-state index contributed by atoms with van der Waals surface area (Å²) in [6, 6.07) is 7.84. The fourth-order valence-corrected chi connectivity index (χ4v) is 4.04. The number of carbonyl (C=O) groups is 2. The third-order valence-electron chi connectivity index (χ3n) is 3.91. The van der Waals surface area contributed by atoms with Gasteiger partial charge in [0.15, 0.2) is 6.10 Å². The Balaban J connectivity index is 2.08. The third-order valence-corrected chi connectivity index (χ3v) is 5.87. The Bertz CT molecular complexity index is 1060. The lowest BCUT2D eigenvalue weighted by Crippen LogP contribution is -2.37. The molecular formula is C18H17Cl3N2O5S. The van der Waals surface area contributed by atoms with E-state index in [9.17, 15) is 18.0 Å². The average molecular weight is 480 g/mol. The van der Waals surface area contributed by atoms with Gasteiger partial charge in [0.1, 0.15) is 4.90 Å². The maximum Gasteiger partial charge on any atom is 0.338 e. The van der Waals surface area contributed by atoms with Gasteiger partial charge in [0.05, 0.1) is 16.6 Å². The van der Waals surface area contributed by atoms with E-state index >= 15 is 0 Å². The van der Waals surface area contributed by atoms with E-state index in [1.165, 1.54) is 19.1 Å². The molecule has 1 amide bonds. The second-order valence-corrected chi connectivity index (χ2v) is 8.91. The van der Waals surface area contributed by atoms with E-state index in [1.807, 2.05) is 0 Å². The maximum absolute atomic E-state index is 12.4. The molecule has 0 aliphatic carbocycles. The molecule has 2 aromatic carbocycles. The fourth-order valence-electron chi connectivity index (χ4n) is 2.39. The summed E-state index contributed by atoms with van der Waals surface area (Å²) in [6.07, 6.45) is -1.16. The highest BCUT2D eigenvalue weighted by molar-refractivity contribution is 7.89. The predicted octanol–water partition coefficient (Wildman–Crippen LogP) is 3.72. The zero-order valence-electron chi connectivity index (χ0n) is 15.3. The number of hydrogen-bond donors (Lipinski definition) is 2. The van der Waals surface area contributed by atoms with Crippen molar-refractivity contribution in [2.45, 2.75) is 30.9 Å². The molecule has 2 rings (SSSR count). The third kappa shape index (κ3) is 6.07. The van der Waals surface area contributed by atoms with Gasteiger partial charge >= 0.3 is 5.97 Å². The number of primary sulfonamides is 1. The van der Waals surface area contributed by atoms with Crippen LogP contribution in [0.4, 0.5) is 0 Å². The molecule has 0 aliphatic rings. The molecular weight excluding hydrogens is 463 g/mol. The van der Waals surface area contributed by atoms with Gasteiger partial charge in [-0.05, 0) is 49.7 Å². The number of hydrogen-bond acceptors (Lipinski definition) is 5. The summed E-state index contributed by atoms with van der Waals surface area (Å²) < 4.78 is 28.2. The van der Waals surface area contributed by atoms with Crippen molar-refractivity contribution in [2.75, 3.05) is 0 Å². The van der Waals surface area contributed by atoms with Gasteiger partial charge in [0.25, 0.3) is 5.91 Å². The van der Waals surface area contributed by atoms with Crippen molar-refractivity contribution in [3.05, 3.63) is 62.6 Å². The lowest BCUT2D eigenvalue weighted by atomic mass is 10.1. The highest BCUT2D eigenvalue weighted by Gasteiger charge is 2.23. The monoisotopic (exact) mass is 478 g/mol. The Morgan fingerprint density at radius 1 is 1.03 bits per heavy atom. The van der Waals surface area contributed by atoms with Gasteiger partial charge in [-0.15, -0.1) is 0 Å². The second-order valence-electron chi connectivity index (χ2n) is 6.13. The van der Waals surface area contributed by atoms with Crippen LogP contribution in [0.15, 0.2) is 41.3 Å². The molecule has 0 fully saturated rings. The highest BCUT2D eigenvalue weighted by atomic mass is 35.5. The first kappa shape index (κ1) is 23.4. The molecule has 0 saturated carbocycles. The van der Waals surface area contributed by atoms with Crippen molar-refractivity contribution >= 4 is 56.7 Å². The minimum Gasteiger partial charge on any atom is -0.449 e. The number of halogens is 3. The largest absolute Gasteiger partial charge is 0.449 e. The average Bonchev–Trinajstić information content (AvgIpc) is 2.60. The summed E-state index contributed by atoms with van der Waals surface area (Å²) in [5, 5.41) is 8.44. The van der Waals surface area contributed by atoms with Gasteiger partial charge in [-0.3, -0.25) is 4.79 Å². The molecule has 2 atom stereocenters. The summed E-state index contributed by atoms with van der Waals surface area (Å²) in [5.74, 6) is -1.48. The van der Waals surface area contributed by atoms with Crippen LogP contribution < -0.4 is 10.5 Å². The zero-order valence-corrected chi connectivity index (χ0v) is 18.4. The SMILES string of the molecule is CC(OC(=O)c1ccc(Cl)c(S(N)(=O)=O)c1)C(=O)NC(C)c1ccc(Cl)cc1Cl. The molecule has 0 spiro atoms. The normalized spacial score (nSPS) is 13.4. The van der Waals surface area contributed by atoms with E-state index in [0.29, 0.717) is 15.6 Å². The van der Waals surface area contributed by atoms with E-state index in [-0.39, 0.29) is 10.6 Å². The van der Waals surface area contributed by atoms with Crippen molar-refractivity contribution in [3.63, 3.8) is 0 Å². The Hall–Kier alpha value is -1.84. The summed E-state index contributed by atoms with van der Waals surface area (Å²) in [4.78, 5) is 24.2. The van der Waals surface area contributed by atoms with Crippen LogP contribution in [0.3, 0.4) is 0 Å². The van der Waals surface area contributed by atoms with E-state index < -0.39 is 38.9 Å². The van der Waals surface area contributed by atoms with Gasteiger partial charge < -0.3 is 10.1 Å². The molecule has 0 bridgehead atoms. The molecule has 0 aliphatic heterocycles. The minimum absolute atomic E-state index is 0.119. The first-order chi connectivity index (χ1) is 13.4. The van der Waals surface area contributed by atoms with Crippen LogP contribution in [0, 0.1) is 0 Å². The van der Waals surface area contributed by atoms with Crippen molar-refractivity contribution in [2.24, 2.45) is 5.14 Å². The van der Waals surface area contributed by atoms with E-state index in [0.717, 1.165) is 6.07 Å². The number of amides is 1. The molecule has 0 saturated heterocycles. The minimum atomic E-state index is -4.13. The Morgan fingerprint density at radius 3 is 2.28 bits per heavy atom. The molecule has 11 heteroatoms. The van der Waals surface area contributed by atoms with Crippen LogP contribution in [0.1, 0.15) is 35.8 Å².